The van der Waals surface area contributed by atoms with Crippen molar-refractivity contribution in [1.82, 2.24) is 5.43 Å². The number of hydrogen-bond acceptors (Lipinski definition) is 4. The number of carbonyl (C=O) groups excluding carboxylic acids is 1. The quantitative estimate of drug-likeness (QED) is 0.480. The predicted octanol–water partition coefficient (Wildman–Crippen LogP) is 2.06. The fourth-order valence-corrected chi connectivity index (χ4v) is 3.15. The highest BCUT2D eigenvalue weighted by atomic mass is 16.5. The molecule has 0 bridgehead atoms. The standard InChI is InChI=1S/C20H25N3O2/c21-22-20(24)11-10-16-6-8-17(9-7-16)14-19-15-23(12-13-25-19)18-4-2-1-3-5-18/h1-9,19H,10-15,21H2,(H,22,24). The van der Waals surface area contributed by atoms with E-state index in [1.165, 1.54) is 11.3 Å². The SMILES string of the molecule is NNC(=O)CCc1ccc(CC2CN(c3ccccc3)CCO2)cc1. The van der Waals surface area contributed by atoms with Gasteiger partial charge in [-0.25, -0.2) is 5.84 Å². The molecule has 1 aliphatic heterocycles. The number of ether oxygens (including phenoxy) is 1. The third kappa shape index (κ3) is 5.05. The van der Waals surface area contributed by atoms with Crippen molar-refractivity contribution >= 4 is 11.6 Å². The van der Waals surface area contributed by atoms with Crippen LogP contribution in [0, 0.1) is 0 Å². The number of rotatable bonds is 6. The number of carbonyl (C=O) groups is 1. The molecule has 1 fully saturated rings. The van der Waals surface area contributed by atoms with Crippen molar-refractivity contribution in [1.29, 1.82) is 0 Å². The van der Waals surface area contributed by atoms with Crippen LogP contribution < -0.4 is 16.2 Å². The summed E-state index contributed by atoms with van der Waals surface area (Å²) in [6.07, 6.45) is 2.20. The summed E-state index contributed by atoms with van der Waals surface area (Å²) in [5, 5.41) is 0. The van der Waals surface area contributed by atoms with Crippen LogP contribution in [0.1, 0.15) is 17.5 Å². The lowest BCUT2D eigenvalue weighted by atomic mass is 10.0. The summed E-state index contributed by atoms with van der Waals surface area (Å²) in [6, 6.07) is 18.9. The lowest BCUT2D eigenvalue weighted by Crippen LogP contribution is -2.43. The van der Waals surface area contributed by atoms with E-state index in [1.54, 1.807) is 0 Å². The van der Waals surface area contributed by atoms with Gasteiger partial charge in [0, 0.05) is 31.6 Å². The molecule has 1 atom stereocenters. The van der Waals surface area contributed by atoms with Crippen LogP contribution in [-0.4, -0.2) is 31.7 Å². The molecule has 1 unspecified atom stereocenters. The Morgan fingerprint density at radius 1 is 1.12 bits per heavy atom. The van der Waals surface area contributed by atoms with Gasteiger partial charge in [-0.3, -0.25) is 10.2 Å². The number of amides is 1. The van der Waals surface area contributed by atoms with Crippen LogP contribution in [0.25, 0.3) is 0 Å². The number of morpholine rings is 1. The minimum absolute atomic E-state index is 0.138. The Morgan fingerprint density at radius 2 is 1.84 bits per heavy atom. The topological polar surface area (TPSA) is 67.6 Å². The molecular weight excluding hydrogens is 314 g/mol. The fraction of sp³-hybridized carbons (Fsp3) is 0.350. The number of anilines is 1. The number of hydrogen-bond donors (Lipinski definition) is 2. The molecule has 2 aromatic carbocycles. The number of nitrogens with one attached hydrogen (secondary N) is 1. The highest BCUT2D eigenvalue weighted by molar-refractivity contribution is 5.75. The van der Waals surface area contributed by atoms with E-state index < -0.39 is 0 Å². The second-order valence-electron chi connectivity index (χ2n) is 6.36. The summed E-state index contributed by atoms with van der Waals surface area (Å²) in [5.74, 6) is 4.96. The van der Waals surface area contributed by atoms with Crippen LogP contribution in [0.5, 0.6) is 0 Å². The average molecular weight is 339 g/mol. The summed E-state index contributed by atoms with van der Waals surface area (Å²) in [5.41, 5.74) is 5.81. The molecular formula is C20H25N3O2. The molecule has 5 nitrogen and oxygen atoms in total. The zero-order valence-electron chi connectivity index (χ0n) is 14.4. The van der Waals surface area contributed by atoms with Crippen molar-refractivity contribution in [2.24, 2.45) is 5.84 Å². The maximum Gasteiger partial charge on any atom is 0.234 e. The van der Waals surface area contributed by atoms with Gasteiger partial charge in [-0.05, 0) is 29.7 Å². The van der Waals surface area contributed by atoms with E-state index in [0.29, 0.717) is 12.8 Å². The number of nitrogens with two attached hydrogens (primary N) is 1. The Labute approximate surface area is 148 Å². The molecule has 0 aromatic heterocycles. The van der Waals surface area contributed by atoms with Crippen molar-refractivity contribution in [3.63, 3.8) is 0 Å². The highest BCUT2D eigenvalue weighted by Gasteiger charge is 2.20. The summed E-state index contributed by atoms with van der Waals surface area (Å²) in [6.45, 7) is 2.59. The average Bonchev–Trinajstić information content (AvgIpc) is 2.68. The minimum atomic E-state index is -0.138. The molecule has 1 aliphatic rings. The molecule has 0 radical (unpaired) electrons. The predicted molar refractivity (Wildman–Crippen MR) is 99.2 cm³/mol. The lowest BCUT2D eigenvalue weighted by Gasteiger charge is -2.34. The van der Waals surface area contributed by atoms with E-state index in [1.807, 2.05) is 6.07 Å². The van der Waals surface area contributed by atoms with Gasteiger partial charge in [-0.2, -0.15) is 0 Å². The summed E-state index contributed by atoms with van der Waals surface area (Å²) < 4.78 is 5.95. The van der Waals surface area contributed by atoms with Crippen molar-refractivity contribution in [2.75, 3.05) is 24.6 Å². The van der Waals surface area contributed by atoms with E-state index in [0.717, 1.165) is 31.7 Å². The summed E-state index contributed by atoms with van der Waals surface area (Å²) in [4.78, 5) is 13.6. The van der Waals surface area contributed by atoms with Gasteiger partial charge in [0.1, 0.15) is 0 Å². The minimum Gasteiger partial charge on any atom is -0.374 e. The van der Waals surface area contributed by atoms with Gasteiger partial charge < -0.3 is 9.64 Å². The summed E-state index contributed by atoms with van der Waals surface area (Å²) >= 11 is 0. The Morgan fingerprint density at radius 3 is 2.56 bits per heavy atom. The van der Waals surface area contributed by atoms with Gasteiger partial charge in [0.05, 0.1) is 12.7 Å². The first-order valence-electron chi connectivity index (χ1n) is 8.73. The number of nitrogens with zero attached hydrogens (tertiary/aromatic N) is 1. The first kappa shape index (κ1) is 17.5. The second kappa shape index (κ2) is 8.65. The third-order valence-corrected chi connectivity index (χ3v) is 4.55. The molecule has 1 heterocycles. The van der Waals surface area contributed by atoms with Gasteiger partial charge in [0.25, 0.3) is 0 Å². The van der Waals surface area contributed by atoms with Crippen LogP contribution in [0.2, 0.25) is 0 Å². The Hall–Kier alpha value is -2.37. The van der Waals surface area contributed by atoms with Crippen molar-refractivity contribution in [2.45, 2.75) is 25.4 Å². The van der Waals surface area contributed by atoms with E-state index in [-0.39, 0.29) is 12.0 Å². The smallest absolute Gasteiger partial charge is 0.234 e. The molecule has 0 saturated carbocycles. The van der Waals surface area contributed by atoms with Crippen LogP contribution in [0.15, 0.2) is 54.6 Å². The second-order valence-corrected chi connectivity index (χ2v) is 6.36. The lowest BCUT2D eigenvalue weighted by molar-refractivity contribution is -0.121. The molecule has 25 heavy (non-hydrogen) atoms. The molecule has 1 amide bonds. The molecule has 0 aliphatic carbocycles. The molecule has 2 aromatic rings. The largest absolute Gasteiger partial charge is 0.374 e. The van der Waals surface area contributed by atoms with Crippen LogP contribution in [0.3, 0.4) is 0 Å². The molecule has 3 rings (SSSR count). The number of hydrazine groups is 1. The van der Waals surface area contributed by atoms with Crippen molar-refractivity contribution < 1.29 is 9.53 Å². The maximum absolute atomic E-state index is 11.2. The Kier molecular flexibility index (Phi) is 6.04. The monoisotopic (exact) mass is 339 g/mol. The first-order valence-corrected chi connectivity index (χ1v) is 8.73. The van der Waals surface area contributed by atoms with Crippen molar-refractivity contribution in [3.8, 4) is 0 Å². The van der Waals surface area contributed by atoms with Gasteiger partial charge >= 0.3 is 0 Å². The van der Waals surface area contributed by atoms with Crippen LogP contribution in [0.4, 0.5) is 5.69 Å². The number of aryl methyl sites for hydroxylation is 1. The van der Waals surface area contributed by atoms with Gasteiger partial charge in [0.2, 0.25) is 5.91 Å². The van der Waals surface area contributed by atoms with Gasteiger partial charge in [-0.1, -0.05) is 42.5 Å². The molecule has 1 saturated heterocycles. The van der Waals surface area contributed by atoms with E-state index >= 15 is 0 Å². The molecule has 132 valence electrons. The normalized spacial score (nSPS) is 17.3. The number of benzene rings is 2. The van der Waals surface area contributed by atoms with Gasteiger partial charge in [-0.15, -0.1) is 0 Å². The molecule has 0 spiro atoms. The van der Waals surface area contributed by atoms with Gasteiger partial charge in [0.15, 0.2) is 0 Å². The van der Waals surface area contributed by atoms with Crippen molar-refractivity contribution in [3.05, 3.63) is 65.7 Å². The number of para-hydroxylation sites is 1. The van der Waals surface area contributed by atoms with Crippen LogP contribution in [-0.2, 0) is 22.4 Å². The molecule has 3 N–H and O–H groups in total. The Bertz CT molecular complexity index is 673. The van der Waals surface area contributed by atoms with Crippen LogP contribution >= 0.6 is 0 Å². The first-order chi connectivity index (χ1) is 12.2. The zero-order chi connectivity index (χ0) is 17.5. The van der Waals surface area contributed by atoms with E-state index in [2.05, 4.69) is 58.9 Å². The molecule has 5 heteroatoms. The summed E-state index contributed by atoms with van der Waals surface area (Å²) in [7, 11) is 0. The van der Waals surface area contributed by atoms with E-state index in [4.69, 9.17) is 10.6 Å². The highest BCUT2D eigenvalue weighted by Crippen LogP contribution is 2.19. The Balaban J connectivity index is 1.54. The van der Waals surface area contributed by atoms with E-state index in [9.17, 15) is 4.79 Å². The fourth-order valence-electron chi connectivity index (χ4n) is 3.15. The zero-order valence-corrected chi connectivity index (χ0v) is 14.4. The maximum atomic E-state index is 11.2. The third-order valence-electron chi connectivity index (χ3n) is 4.55.